The second-order valence-corrected chi connectivity index (χ2v) is 3.45. The molecule has 1 aromatic rings. The second-order valence-electron chi connectivity index (χ2n) is 3.45. The fraction of sp³-hybridized carbons (Fsp3) is 0.455. The molecule has 1 aliphatic rings. The van der Waals surface area contributed by atoms with Gasteiger partial charge in [0.15, 0.2) is 0 Å². The lowest BCUT2D eigenvalue weighted by atomic mass is 10.00. The first kappa shape index (κ1) is 8.73. The summed E-state index contributed by atoms with van der Waals surface area (Å²) in [5.41, 5.74) is 1.17. The average molecular weight is 178 g/mol. The lowest BCUT2D eigenvalue weighted by Gasteiger charge is -2.26. The van der Waals surface area contributed by atoms with Gasteiger partial charge in [0.25, 0.3) is 0 Å². The van der Waals surface area contributed by atoms with Gasteiger partial charge in [-0.05, 0) is 12.0 Å². The molecule has 2 atom stereocenters. The van der Waals surface area contributed by atoms with E-state index < -0.39 is 0 Å². The Balaban J connectivity index is 2.08. The summed E-state index contributed by atoms with van der Waals surface area (Å²) in [4.78, 5) is 0. The van der Waals surface area contributed by atoms with Crippen molar-refractivity contribution in [1.29, 1.82) is 0 Å². The van der Waals surface area contributed by atoms with Crippen molar-refractivity contribution in [2.75, 3.05) is 6.61 Å². The topological polar surface area (TPSA) is 29.5 Å². The Morgan fingerprint density at radius 3 is 2.69 bits per heavy atom. The van der Waals surface area contributed by atoms with Gasteiger partial charge in [-0.25, -0.2) is 0 Å². The Labute approximate surface area is 78.2 Å². The van der Waals surface area contributed by atoms with Crippen LogP contribution in [0.15, 0.2) is 30.3 Å². The van der Waals surface area contributed by atoms with Crippen LogP contribution in [0.5, 0.6) is 0 Å². The third-order valence-electron chi connectivity index (χ3n) is 2.43. The van der Waals surface area contributed by atoms with Crippen molar-refractivity contribution in [3.8, 4) is 0 Å². The molecule has 1 N–H and O–H groups in total. The number of ether oxygens (including phenoxy) is 1. The lowest BCUT2D eigenvalue weighted by Crippen LogP contribution is -2.23. The van der Waals surface area contributed by atoms with Gasteiger partial charge in [0, 0.05) is 13.0 Å². The Bertz CT molecular complexity index is 258. The van der Waals surface area contributed by atoms with Crippen molar-refractivity contribution in [2.45, 2.75) is 25.0 Å². The number of aliphatic hydroxyl groups excluding tert-OH is 1. The number of hydrogen-bond donors (Lipinski definition) is 1. The molecule has 0 saturated carbocycles. The monoisotopic (exact) mass is 178 g/mol. The van der Waals surface area contributed by atoms with E-state index in [4.69, 9.17) is 4.74 Å². The molecule has 1 fully saturated rings. The quantitative estimate of drug-likeness (QED) is 0.711. The molecule has 1 aliphatic heterocycles. The summed E-state index contributed by atoms with van der Waals surface area (Å²) in [5, 5.41) is 9.46. The van der Waals surface area contributed by atoms with Gasteiger partial charge in [-0.2, -0.15) is 0 Å². The Morgan fingerprint density at radius 1 is 1.23 bits per heavy atom. The maximum atomic E-state index is 9.46. The summed E-state index contributed by atoms with van der Waals surface area (Å²) < 4.78 is 5.57. The van der Waals surface area contributed by atoms with Crippen molar-refractivity contribution in [3.63, 3.8) is 0 Å². The average Bonchev–Trinajstić information content (AvgIpc) is 2.19. The van der Waals surface area contributed by atoms with Gasteiger partial charge in [0.1, 0.15) is 0 Å². The van der Waals surface area contributed by atoms with E-state index in [1.54, 1.807) is 0 Å². The molecule has 0 amide bonds. The van der Waals surface area contributed by atoms with Crippen molar-refractivity contribution < 1.29 is 9.84 Å². The van der Waals surface area contributed by atoms with Crippen molar-refractivity contribution in [1.82, 2.24) is 0 Å². The summed E-state index contributed by atoms with van der Waals surface area (Å²) in [6.45, 7) is 0.667. The van der Waals surface area contributed by atoms with Crippen LogP contribution in [0.2, 0.25) is 0 Å². The highest BCUT2D eigenvalue weighted by atomic mass is 16.5. The molecule has 2 nitrogen and oxygen atoms in total. The van der Waals surface area contributed by atoms with Crippen molar-refractivity contribution >= 4 is 0 Å². The molecule has 2 rings (SSSR count). The first-order chi connectivity index (χ1) is 6.36. The number of hydrogen-bond acceptors (Lipinski definition) is 2. The van der Waals surface area contributed by atoms with E-state index in [1.165, 1.54) is 5.56 Å². The molecule has 0 unspecified atom stereocenters. The Hall–Kier alpha value is -0.860. The van der Waals surface area contributed by atoms with E-state index in [0.29, 0.717) is 6.61 Å². The molecule has 1 heterocycles. The maximum Gasteiger partial charge on any atom is 0.0849 e. The highest BCUT2D eigenvalue weighted by Crippen LogP contribution is 2.27. The molecule has 1 saturated heterocycles. The first-order valence-corrected chi connectivity index (χ1v) is 4.71. The standard InChI is InChI=1S/C11H14O2/c12-10-6-7-13-11(8-10)9-4-2-1-3-5-9/h1-5,10-12H,6-8H2/t10-,11-/m1/s1. The SMILES string of the molecule is O[C@@H]1CCO[C@@H](c2ccccc2)C1. The Kier molecular flexibility index (Phi) is 2.62. The summed E-state index contributed by atoms with van der Waals surface area (Å²) >= 11 is 0. The van der Waals surface area contributed by atoms with Crippen LogP contribution in [0.1, 0.15) is 24.5 Å². The number of benzene rings is 1. The first-order valence-electron chi connectivity index (χ1n) is 4.71. The lowest BCUT2D eigenvalue weighted by molar-refractivity contribution is -0.0447. The zero-order valence-corrected chi connectivity index (χ0v) is 7.52. The molecule has 0 aromatic heterocycles. The van der Waals surface area contributed by atoms with Crippen LogP contribution in [-0.2, 0) is 4.74 Å². The highest BCUT2D eigenvalue weighted by Gasteiger charge is 2.21. The summed E-state index contributed by atoms with van der Waals surface area (Å²) in [6.07, 6.45) is 1.39. The van der Waals surface area contributed by atoms with Crippen LogP contribution in [0, 0.1) is 0 Å². The normalized spacial score (nSPS) is 28.7. The fourth-order valence-electron chi connectivity index (χ4n) is 1.68. The van der Waals surface area contributed by atoms with Gasteiger partial charge in [0.2, 0.25) is 0 Å². The van der Waals surface area contributed by atoms with Crippen LogP contribution in [-0.4, -0.2) is 17.8 Å². The maximum absolute atomic E-state index is 9.46. The van der Waals surface area contributed by atoms with E-state index in [-0.39, 0.29) is 12.2 Å². The van der Waals surface area contributed by atoms with Gasteiger partial charge < -0.3 is 9.84 Å². The molecule has 1 aromatic carbocycles. The van der Waals surface area contributed by atoms with E-state index in [2.05, 4.69) is 0 Å². The van der Waals surface area contributed by atoms with Crippen LogP contribution in [0.4, 0.5) is 0 Å². The number of rotatable bonds is 1. The summed E-state index contributed by atoms with van der Waals surface area (Å²) in [5.74, 6) is 0. The zero-order chi connectivity index (χ0) is 9.10. The molecule has 2 heteroatoms. The predicted octanol–water partition coefficient (Wildman–Crippen LogP) is 1.90. The molecule has 0 aliphatic carbocycles. The minimum absolute atomic E-state index is 0.0879. The van der Waals surface area contributed by atoms with Gasteiger partial charge >= 0.3 is 0 Å². The smallest absolute Gasteiger partial charge is 0.0849 e. The minimum Gasteiger partial charge on any atom is -0.393 e. The molecule has 13 heavy (non-hydrogen) atoms. The molecular weight excluding hydrogens is 164 g/mol. The van der Waals surface area contributed by atoms with Crippen LogP contribution < -0.4 is 0 Å². The predicted molar refractivity (Wildman–Crippen MR) is 50.4 cm³/mol. The third kappa shape index (κ3) is 2.08. The van der Waals surface area contributed by atoms with E-state index >= 15 is 0 Å². The van der Waals surface area contributed by atoms with E-state index in [9.17, 15) is 5.11 Å². The van der Waals surface area contributed by atoms with Gasteiger partial charge in [-0.15, -0.1) is 0 Å². The van der Waals surface area contributed by atoms with Crippen molar-refractivity contribution in [2.24, 2.45) is 0 Å². The fourth-order valence-corrected chi connectivity index (χ4v) is 1.68. The van der Waals surface area contributed by atoms with Gasteiger partial charge in [-0.1, -0.05) is 30.3 Å². The molecule has 0 radical (unpaired) electrons. The minimum atomic E-state index is -0.195. The van der Waals surface area contributed by atoms with Gasteiger partial charge in [0.05, 0.1) is 12.2 Å². The molecule has 70 valence electrons. The zero-order valence-electron chi connectivity index (χ0n) is 7.52. The summed E-state index contributed by atoms with van der Waals surface area (Å²) in [6, 6.07) is 10.1. The third-order valence-corrected chi connectivity index (χ3v) is 2.43. The molecular formula is C11H14O2. The van der Waals surface area contributed by atoms with E-state index in [1.807, 2.05) is 30.3 Å². The molecule has 0 bridgehead atoms. The largest absolute Gasteiger partial charge is 0.393 e. The van der Waals surface area contributed by atoms with E-state index in [0.717, 1.165) is 12.8 Å². The Morgan fingerprint density at radius 2 is 2.00 bits per heavy atom. The van der Waals surface area contributed by atoms with Gasteiger partial charge in [-0.3, -0.25) is 0 Å². The summed E-state index contributed by atoms with van der Waals surface area (Å²) in [7, 11) is 0. The van der Waals surface area contributed by atoms with Crippen LogP contribution in [0.3, 0.4) is 0 Å². The number of aliphatic hydroxyl groups is 1. The van der Waals surface area contributed by atoms with Crippen molar-refractivity contribution in [3.05, 3.63) is 35.9 Å². The van der Waals surface area contributed by atoms with Crippen LogP contribution >= 0.6 is 0 Å². The van der Waals surface area contributed by atoms with Crippen LogP contribution in [0.25, 0.3) is 0 Å². The molecule has 0 spiro atoms. The highest BCUT2D eigenvalue weighted by molar-refractivity contribution is 5.18. The second kappa shape index (κ2) is 3.90.